The molecule has 3 aromatic rings. The molecular weight excluding hydrogens is 324 g/mol. The lowest BCUT2D eigenvalue weighted by atomic mass is 10.2. The van der Waals surface area contributed by atoms with Crippen molar-refractivity contribution in [3.05, 3.63) is 59.1 Å². The van der Waals surface area contributed by atoms with Crippen molar-refractivity contribution in [1.29, 1.82) is 5.26 Å². The SMILES string of the molecule is COc1cc(C#N)ccc1OC(=O)/C=C/c1nc2ccccc2s1. The van der Waals surface area contributed by atoms with Gasteiger partial charge in [-0.3, -0.25) is 0 Å². The van der Waals surface area contributed by atoms with Crippen LogP contribution in [0.3, 0.4) is 0 Å². The zero-order valence-corrected chi connectivity index (χ0v) is 13.5. The molecule has 24 heavy (non-hydrogen) atoms. The number of fused-ring (bicyclic) bond motifs is 1. The number of nitriles is 1. The Kier molecular flexibility index (Phi) is 4.54. The Morgan fingerprint density at radius 2 is 2.08 bits per heavy atom. The van der Waals surface area contributed by atoms with Gasteiger partial charge in [-0.05, 0) is 30.3 Å². The molecule has 5 nitrogen and oxygen atoms in total. The minimum Gasteiger partial charge on any atom is -0.493 e. The zero-order valence-electron chi connectivity index (χ0n) is 12.7. The number of nitrogens with zero attached hydrogens (tertiary/aromatic N) is 2. The minimum absolute atomic E-state index is 0.260. The van der Waals surface area contributed by atoms with Crippen molar-refractivity contribution in [2.75, 3.05) is 7.11 Å². The van der Waals surface area contributed by atoms with Crippen molar-refractivity contribution < 1.29 is 14.3 Å². The van der Waals surface area contributed by atoms with Crippen LogP contribution >= 0.6 is 11.3 Å². The second-order valence-electron chi connectivity index (χ2n) is 4.75. The summed E-state index contributed by atoms with van der Waals surface area (Å²) in [7, 11) is 1.45. The van der Waals surface area contributed by atoms with Gasteiger partial charge in [-0.15, -0.1) is 11.3 Å². The van der Waals surface area contributed by atoms with Crippen LogP contribution in [0.2, 0.25) is 0 Å². The van der Waals surface area contributed by atoms with Crippen LogP contribution in [0.4, 0.5) is 0 Å². The summed E-state index contributed by atoms with van der Waals surface area (Å²) in [4.78, 5) is 16.4. The molecule has 1 heterocycles. The van der Waals surface area contributed by atoms with Crippen LogP contribution in [0.1, 0.15) is 10.6 Å². The number of carbonyl (C=O) groups excluding carboxylic acids is 1. The first-order valence-corrected chi connectivity index (χ1v) is 7.85. The number of methoxy groups -OCH3 is 1. The number of thiazole rings is 1. The van der Waals surface area contributed by atoms with E-state index in [1.54, 1.807) is 12.1 Å². The number of para-hydroxylation sites is 1. The highest BCUT2D eigenvalue weighted by Gasteiger charge is 2.09. The van der Waals surface area contributed by atoms with Gasteiger partial charge in [0.1, 0.15) is 5.01 Å². The fourth-order valence-electron chi connectivity index (χ4n) is 2.06. The van der Waals surface area contributed by atoms with Crippen molar-refractivity contribution in [2.45, 2.75) is 0 Å². The molecule has 6 heteroatoms. The molecule has 118 valence electrons. The molecular formula is C18H12N2O3S. The van der Waals surface area contributed by atoms with E-state index in [0.717, 1.165) is 15.2 Å². The van der Waals surface area contributed by atoms with E-state index in [9.17, 15) is 4.79 Å². The molecule has 0 radical (unpaired) electrons. The minimum atomic E-state index is -0.544. The second kappa shape index (κ2) is 6.94. The van der Waals surface area contributed by atoms with E-state index >= 15 is 0 Å². The lowest BCUT2D eigenvalue weighted by Crippen LogP contribution is -2.05. The van der Waals surface area contributed by atoms with E-state index in [-0.39, 0.29) is 5.75 Å². The lowest BCUT2D eigenvalue weighted by Gasteiger charge is -2.07. The van der Waals surface area contributed by atoms with Gasteiger partial charge in [-0.2, -0.15) is 5.26 Å². The molecule has 0 saturated heterocycles. The van der Waals surface area contributed by atoms with Crippen LogP contribution in [-0.4, -0.2) is 18.1 Å². The highest BCUT2D eigenvalue weighted by atomic mass is 32.1. The Balaban J connectivity index is 1.74. The van der Waals surface area contributed by atoms with Crippen molar-refractivity contribution in [2.24, 2.45) is 0 Å². The summed E-state index contributed by atoms with van der Waals surface area (Å²) >= 11 is 1.49. The van der Waals surface area contributed by atoms with Crippen LogP contribution in [0.5, 0.6) is 11.5 Å². The van der Waals surface area contributed by atoms with Crippen LogP contribution in [0.15, 0.2) is 48.5 Å². The van der Waals surface area contributed by atoms with Crippen LogP contribution in [-0.2, 0) is 4.79 Å². The summed E-state index contributed by atoms with van der Waals surface area (Å²) < 4.78 is 11.4. The molecule has 0 atom stereocenters. The normalized spacial score (nSPS) is 10.7. The molecule has 0 bridgehead atoms. The van der Waals surface area contributed by atoms with E-state index < -0.39 is 5.97 Å². The van der Waals surface area contributed by atoms with Gasteiger partial charge < -0.3 is 9.47 Å². The molecule has 0 aliphatic heterocycles. The maximum Gasteiger partial charge on any atom is 0.336 e. The highest BCUT2D eigenvalue weighted by Crippen LogP contribution is 2.28. The van der Waals surface area contributed by atoms with Crippen molar-refractivity contribution in [3.63, 3.8) is 0 Å². The molecule has 0 aliphatic rings. The molecule has 0 unspecified atom stereocenters. The quantitative estimate of drug-likeness (QED) is 0.412. The van der Waals surface area contributed by atoms with E-state index in [1.807, 2.05) is 30.3 Å². The van der Waals surface area contributed by atoms with E-state index in [0.29, 0.717) is 11.3 Å². The fourth-order valence-corrected chi connectivity index (χ4v) is 2.93. The number of carbonyl (C=O) groups is 1. The summed E-state index contributed by atoms with van der Waals surface area (Å²) in [5.74, 6) is 0.0449. The van der Waals surface area contributed by atoms with E-state index in [2.05, 4.69) is 4.98 Å². The van der Waals surface area contributed by atoms with Crippen LogP contribution < -0.4 is 9.47 Å². The number of esters is 1. The third-order valence-electron chi connectivity index (χ3n) is 3.18. The maximum absolute atomic E-state index is 12.0. The third-order valence-corrected chi connectivity index (χ3v) is 4.18. The van der Waals surface area contributed by atoms with Crippen LogP contribution in [0, 0.1) is 11.3 Å². The van der Waals surface area contributed by atoms with Gasteiger partial charge in [0, 0.05) is 12.1 Å². The fraction of sp³-hybridized carbons (Fsp3) is 0.0556. The summed E-state index contributed by atoms with van der Waals surface area (Å²) in [5.41, 5.74) is 1.32. The van der Waals surface area contributed by atoms with Crippen LogP contribution in [0.25, 0.3) is 16.3 Å². The lowest BCUT2D eigenvalue weighted by molar-refractivity contribution is -0.129. The average Bonchev–Trinajstić information content (AvgIpc) is 3.03. The zero-order chi connectivity index (χ0) is 16.9. The van der Waals surface area contributed by atoms with Gasteiger partial charge in [0.05, 0.1) is 29.0 Å². The number of aromatic nitrogens is 1. The highest BCUT2D eigenvalue weighted by molar-refractivity contribution is 7.19. The Morgan fingerprint density at radius 3 is 2.83 bits per heavy atom. The van der Waals surface area contributed by atoms with Crippen molar-refractivity contribution in [1.82, 2.24) is 4.98 Å². The van der Waals surface area contributed by atoms with Gasteiger partial charge in [0.25, 0.3) is 0 Å². The molecule has 0 saturated carbocycles. The first-order valence-electron chi connectivity index (χ1n) is 7.03. The van der Waals surface area contributed by atoms with Gasteiger partial charge >= 0.3 is 5.97 Å². The van der Waals surface area contributed by atoms with Crippen molar-refractivity contribution in [3.8, 4) is 17.6 Å². The molecule has 1 aromatic heterocycles. The first-order chi connectivity index (χ1) is 11.7. The maximum atomic E-state index is 12.0. The summed E-state index contributed by atoms with van der Waals surface area (Å²) in [6.45, 7) is 0. The smallest absolute Gasteiger partial charge is 0.336 e. The summed E-state index contributed by atoms with van der Waals surface area (Å²) in [6.07, 6.45) is 2.93. The molecule has 3 rings (SSSR count). The standard InChI is InChI=1S/C18H12N2O3S/c1-22-15-10-12(11-19)6-7-14(15)23-18(21)9-8-17-20-13-4-2-3-5-16(13)24-17/h2-10H,1H3/b9-8+. The van der Waals surface area contributed by atoms with Crippen molar-refractivity contribution >= 4 is 33.6 Å². The van der Waals surface area contributed by atoms with Gasteiger partial charge in [0.15, 0.2) is 11.5 Å². The molecule has 0 fully saturated rings. The number of hydrogen-bond acceptors (Lipinski definition) is 6. The average molecular weight is 336 g/mol. The first kappa shape index (κ1) is 15.7. The largest absolute Gasteiger partial charge is 0.493 e. The molecule has 2 aromatic carbocycles. The molecule has 0 N–H and O–H groups in total. The molecule has 0 amide bonds. The number of ether oxygens (including phenoxy) is 2. The Hall–Kier alpha value is -3.17. The Morgan fingerprint density at radius 1 is 1.25 bits per heavy atom. The van der Waals surface area contributed by atoms with E-state index in [4.69, 9.17) is 14.7 Å². The van der Waals surface area contributed by atoms with Gasteiger partial charge in [0.2, 0.25) is 0 Å². The monoisotopic (exact) mass is 336 g/mol. The molecule has 0 aliphatic carbocycles. The predicted molar refractivity (Wildman–Crippen MR) is 92.0 cm³/mol. The summed E-state index contributed by atoms with van der Waals surface area (Å²) in [6, 6.07) is 14.4. The predicted octanol–water partition coefficient (Wildman–Crippen LogP) is 3.80. The third kappa shape index (κ3) is 3.42. The number of rotatable bonds is 4. The number of hydrogen-bond donors (Lipinski definition) is 0. The Bertz CT molecular complexity index is 937. The van der Waals surface area contributed by atoms with Gasteiger partial charge in [-0.1, -0.05) is 12.1 Å². The van der Waals surface area contributed by atoms with Gasteiger partial charge in [-0.25, -0.2) is 9.78 Å². The second-order valence-corrected chi connectivity index (χ2v) is 5.81. The van der Waals surface area contributed by atoms with E-state index in [1.165, 1.54) is 36.7 Å². The Labute approximate surface area is 142 Å². The number of benzene rings is 2. The molecule has 0 spiro atoms. The summed E-state index contributed by atoms with van der Waals surface area (Å²) in [5, 5.41) is 9.59. The topological polar surface area (TPSA) is 72.2 Å².